The van der Waals surface area contributed by atoms with Gasteiger partial charge in [0.2, 0.25) is 5.91 Å². The van der Waals surface area contributed by atoms with E-state index in [1.165, 1.54) is 6.92 Å². The molecule has 0 aliphatic carbocycles. The zero-order valence-corrected chi connectivity index (χ0v) is 10.9. The highest BCUT2D eigenvalue weighted by Crippen LogP contribution is 2.23. The fraction of sp³-hybridized carbons (Fsp3) is 0.400. The van der Waals surface area contributed by atoms with Crippen molar-refractivity contribution < 1.29 is 14.3 Å². The Morgan fingerprint density at radius 1 is 1.42 bits per heavy atom. The average Bonchev–Trinajstić information content (AvgIpc) is 2.92. The number of amides is 1. The van der Waals surface area contributed by atoms with Crippen molar-refractivity contribution in [2.45, 2.75) is 19.6 Å². The third-order valence-electron chi connectivity index (χ3n) is 2.64. The first kappa shape index (κ1) is 13.6. The van der Waals surface area contributed by atoms with Crippen molar-refractivity contribution in [3.05, 3.63) is 35.4 Å². The molecule has 0 aromatic heterocycles. The largest absolute Gasteiger partial charge is 0.355 e. The summed E-state index contributed by atoms with van der Waals surface area (Å²) >= 11 is 0. The molecule has 0 unspecified atom stereocenters. The van der Waals surface area contributed by atoms with Crippen LogP contribution in [-0.2, 0) is 14.3 Å². The number of ether oxygens (including phenoxy) is 2. The second-order valence-electron chi connectivity index (χ2n) is 4.23. The van der Waals surface area contributed by atoms with Crippen LogP contribution in [0.1, 0.15) is 30.8 Å². The number of hydrogen-bond donors (Lipinski definition) is 1. The summed E-state index contributed by atoms with van der Waals surface area (Å²) in [6.45, 7) is 3.35. The van der Waals surface area contributed by atoms with Crippen LogP contribution in [0.15, 0.2) is 24.3 Å². The molecule has 2 rings (SSSR count). The molecule has 1 N–H and O–H groups in total. The van der Waals surface area contributed by atoms with Crippen molar-refractivity contribution in [1.82, 2.24) is 5.32 Å². The lowest BCUT2D eigenvalue weighted by Crippen LogP contribution is -2.20. The SMILES string of the molecule is CC(=O)NCCC#Cc1cccc(C2OCCO2)c1. The molecule has 0 atom stereocenters. The van der Waals surface area contributed by atoms with Crippen molar-refractivity contribution in [2.24, 2.45) is 0 Å². The molecule has 0 saturated carbocycles. The molecule has 1 aliphatic heterocycles. The predicted molar refractivity (Wildman–Crippen MR) is 71.3 cm³/mol. The van der Waals surface area contributed by atoms with E-state index in [0.29, 0.717) is 26.2 Å². The summed E-state index contributed by atoms with van der Waals surface area (Å²) < 4.78 is 10.9. The molecule has 4 nitrogen and oxygen atoms in total. The van der Waals surface area contributed by atoms with Gasteiger partial charge >= 0.3 is 0 Å². The van der Waals surface area contributed by atoms with Crippen LogP contribution in [0.4, 0.5) is 0 Å². The predicted octanol–water partition coefficient (Wildman–Crippen LogP) is 1.61. The van der Waals surface area contributed by atoms with E-state index in [9.17, 15) is 4.79 Å². The molecule has 1 aromatic carbocycles. The Morgan fingerprint density at radius 2 is 2.21 bits per heavy atom. The standard InChI is InChI=1S/C15H17NO3/c1-12(17)16-8-3-2-5-13-6-4-7-14(11-13)15-18-9-10-19-15/h4,6-7,11,15H,3,8-10H2,1H3,(H,16,17). The molecule has 19 heavy (non-hydrogen) atoms. The number of carbonyl (C=O) groups is 1. The highest BCUT2D eigenvalue weighted by atomic mass is 16.7. The van der Waals surface area contributed by atoms with Crippen LogP contribution in [0, 0.1) is 11.8 Å². The minimum absolute atomic E-state index is 0.0284. The molecule has 0 radical (unpaired) electrons. The molecule has 100 valence electrons. The molecule has 1 fully saturated rings. The summed E-state index contributed by atoms with van der Waals surface area (Å²) in [5.41, 5.74) is 1.92. The molecule has 1 aliphatic rings. The number of benzene rings is 1. The maximum atomic E-state index is 10.7. The van der Waals surface area contributed by atoms with Gasteiger partial charge in [0.15, 0.2) is 6.29 Å². The summed E-state index contributed by atoms with van der Waals surface area (Å²) in [6, 6.07) is 7.84. The van der Waals surface area contributed by atoms with Crippen LogP contribution >= 0.6 is 0 Å². The monoisotopic (exact) mass is 259 g/mol. The topological polar surface area (TPSA) is 47.6 Å². The smallest absolute Gasteiger partial charge is 0.216 e. The maximum Gasteiger partial charge on any atom is 0.216 e. The van der Waals surface area contributed by atoms with Crippen molar-refractivity contribution >= 4 is 5.91 Å². The Labute approximate surface area is 113 Å². The molecular formula is C15H17NO3. The second kappa shape index (κ2) is 6.93. The van der Waals surface area contributed by atoms with E-state index in [0.717, 1.165) is 11.1 Å². The molecule has 1 heterocycles. The van der Waals surface area contributed by atoms with E-state index in [1.54, 1.807) is 0 Å². The number of nitrogens with one attached hydrogen (secondary N) is 1. The minimum atomic E-state index is -0.263. The van der Waals surface area contributed by atoms with Gasteiger partial charge in [-0.1, -0.05) is 24.0 Å². The van der Waals surface area contributed by atoms with Crippen molar-refractivity contribution in [3.8, 4) is 11.8 Å². The molecule has 1 aromatic rings. The van der Waals surface area contributed by atoms with Crippen LogP contribution in [-0.4, -0.2) is 25.7 Å². The van der Waals surface area contributed by atoms with Crippen LogP contribution in [0.25, 0.3) is 0 Å². The average molecular weight is 259 g/mol. The van der Waals surface area contributed by atoms with Crippen molar-refractivity contribution in [3.63, 3.8) is 0 Å². The summed E-state index contributed by atoms with van der Waals surface area (Å²) in [6.07, 6.45) is 0.376. The molecule has 0 spiro atoms. The lowest BCUT2D eigenvalue weighted by Gasteiger charge is -2.08. The van der Waals surface area contributed by atoms with Gasteiger partial charge in [-0.25, -0.2) is 0 Å². The Balaban J connectivity index is 1.91. The van der Waals surface area contributed by atoms with Gasteiger partial charge in [0.25, 0.3) is 0 Å². The zero-order valence-electron chi connectivity index (χ0n) is 10.9. The lowest BCUT2D eigenvalue weighted by atomic mass is 10.1. The quantitative estimate of drug-likeness (QED) is 0.662. The first-order valence-electron chi connectivity index (χ1n) is 6.32. The fourth-order valence-corrected chi connectivity index (χ4v) is 1.78. The molecule has 1 saturated heterocycles. The maximum absolute atomic E-state index is 10.7. The van der Waals surface area contributed by atoms with Crippen molar-refractivity contribution in [1.29, 1.82) is 0 Å². The van der Waals surface area contributed by atoms with Crippen LogP contribution in [0.2, 0.25) is 0 Å². The minimum Gasteiger partial charge on any atom is -0.355 e. The van der Waals surface area contributed by atoms with Crippen LogP contribution in [0.5, 0.6) is 0 Å². The lowest BCUT2D eigenvalue weighted by molar-refractivity contribution is -0.118. The zero-order chi connectivity index (χ0) is 13.5. The summed E-state index contributed by atoms with van der Waals surface area (Å²) in [5.74, 6) is 6.07. The molecule has 0 bridgehead atoms. The Morgan fingerprint density at radius 3 is 2.95 bits per heavy atom. The first-order chi connectivity index (χ1) is 9.25. The van der Waals surface area contributed by atoms with E-state index in [4.69, 9.17) is 9.47 Å². The van der Waals surface area contributed by atoms with Gasteiger partial charge in [-0.2, -0.15) is 0 Å². The highest BCUT2D eigenvalue weighted by molar-refractivity contribution is 5.72. The van der Waals surface area contributed by atoms with Crippen LogP contribution in [0.3, 0.4) is 0 Å². The van der Waals surface area contributed by atoms with Gasteiger partial charge < -0.3 is 14.8 Å². The summed E-state index contributed by atoms with van der Waals surface area (Å²) in [4.78, 5) is 10.7. The van der Waals surface area contributed by atoms with Gasteiger partial charge in [0.1, 0.15) is 0 Å². The molecule has 4 heteroatoms. The third kappa shape index (κ3) is 4.40. The van der Waals surface area contributed by atoms with E-state index < -0.39 is 0 Å². The summed E-state index contributed by atoms with van der Waals surface area (Å²) in [5, 5.41) is 2.71. The number of rotatable bonds is 3. The van der Waals surface area contributed by atoms with Gasteiger partial charge in [-0.3, -0.25) is 4.79 Å². The fourth-order valence-electron chi connectivity index (χ4n) is 1.78. The van der Waals surface area contributed by atoms with E-state index in [1.807, 2.05) is 24.3 Å². The second-order valence-corrected chi connectivity index (χ2v) is 4.23. The van der Waals surface area contributed by atoms with E-state index in [2.05, 4.69) is 17.2 Å². The Kier molecular flexibility index (Phi) is 4.96. The van der Waals surface area contributed by atoms with Gasteiger partial charge in [-0.15, -0.1) is 0 Å². The first-order valence-corrected chi connectivity index (χ1v) is 6.32. The molecule has 1 amide bonds. The molecular weight excluding hydrogens is 242 g/mol. The Bertz CT molecular complexity index is 496. The highest BCUT2D eigenvalue weighted by Gasteiger charge is 2.17. The van der Waals surface area contributed by atoms with Gasteiger partial charge in [-0.05, 0) is 12.1 Å². The summed E-state index contributed by atoms with van der Waals surface area (Å²) in [7, 11) is 0. The van der Waals surface area contributed by atoms with Gasteiger partial charge in [0.05, 0.1) is 13.2 Å². The third-order valence-corrected chi connectivity index (χ3v) is 2.64. The van der Waals surface area contributed by atoms with E-state index >= 15 is 0 Å². The van der Waals surface area contributed by atoms with Gasteiger partial charge in [0, 0.05) is 31.0 Å². The van der Waals surface area contributed by atoms with E-state index in [-0.39, 0.29) is 12.2 Å². The van der Waals surface area contributed by atoms with Crippen LogP contribution < -0.4 is 5.32 Å². The normalized spacial score (nSPS) is 14.8. The van der Waals surface area contributed by atoms with Crippen molar-refractivity contribution in [2.75, 3.05) is 19.8 Å². The number of carbonyl (C=O) groups excluding carboxylic acids is 1. The number of hydrogen-bond acceptors (Lipinski definition) is 3. The Hall–Kier alpha value is -1.83.